The standard InChI is InChI=1S/C26H19N3O/c1-17-11-13-18(14-12-17)25-16-21(19-6-2-3-8-23(19)28-25)26(30)29-24-10-4-9-22-20(24)7-5-15-27-22/h2-16H,1H3,(H,29,30). The number of carbonyl (C=O) groups is 1. The van der Waals surface area contributed by atoms with E-state index < -0.39 is 0 Å². The second kappa shape index (κ2) is 7.41. The van der Waals surface area contributed by atoms with Crippen LogP contribution in [0.25, 0.3) is 33.1 Å². The Morgan fingerprint density at radius 1 is 0.800 bits per heavy atom. The summed E-state index contributed by atoms with van der Waals surface area (Å²) in [7, 11) is 0. The van der Waals surface area contributed by atoms with E-state index in [0.29, 0.717) is 5.56 Å². The molecule has 0 radical (unpaired) electrons. The summed E-state index contributed by atoms with van der Waals surface area (Å²) in [4.78, 5) is 22.5. The molecule has 0 saturated carbocycles. The lowest BCUT2D eigenvalue weighted by molar-refractivity contribution is 0.102. The molecule has 0 unspecified atom stereocenters. The van der Waals surface area contributed by atoms with Crippen molar-refractivity contribution in [3.05, 3.63) is 102 Å². The molecule has 0 fully saturated rings. The average Bonchev–Trinajstić information content (AvgIpc) is 2.79. The van der Waals surface area contributed by atoms with Crippen molar-refractivity contribution >= 4 is 33.4 Å². The van der Waals surface area contributed by atoms with Crippen molar-refractivity contribution in [2.24, 2.45) is 0 Å². The molecule has 4 nitrogen and oxygen atoms in total. The predicted octanol–water partition coefficient (Wildman–Crippen LogP) is 6.01. The average molecular weight is 389 g/mol. The zero-order valence-electron chi connectivity index (χ0n) is 16.5. The summed E-state index contributed by atoms with van der Waals surface area (Å²) in [6, 6.07) is 27.3. The molecule has 30 heavy (non-hydrogen) atoms. The highest BCUT2D eigenvalue weighted by atomic mass is 16.1. The predicted molar refractivity (Wildman–Crippen MR) is 122 cm³/mol. The molecule has 0 spiro atoms. The minimum Gasteiger partial charge on any atom is -0.321 e. The molecule has 144 valence electrons. The lowest BCUT2D eigenvalue weighted by Crippen LogP contribution is -2.13. The van der Waals surface area contributed by atoms with Crippen LogP contribution in [0.4, 0.5) is 5.69 Å². The molecule has 1 amide bonds. The lowest BCUT2D eigenvalue weighted by atomic mass is 10.0. The fraction of sp³-hybridized carbons (Fsp3) is 0.0385. The van der Waals surface area contributed by atoms with E-state index in [1.54, 1.807) is 6.20 Å². The molecule has 5 aromatic rings. The van der Waals surface area contributed by atoms with E-state index in [4.69, 9.17) is 4.98 Å². The van der Waals surface area contributed by atoms with Crippen molar-refractivity contribution in [3.8, 4) is 11.3 Å². The molecule has 0 atom stereocenters. The van der Waals surface area contributed by atoms with Crippen molar-refractivity contribution in [2.75, 3.05) is 5.32 Å². The van der Waals surface area contributed by atoms with Crippen LogP contribution in [0.15, 0.2) is 91.1 Å². The molecule has 0 bridgehead atoms. The van der Waals surface area contributed by atoms with Crippen LogP contribution in [0.1, 0.15) is 15.9 Å². The maximum Gasteiger partial charge on any atom is 0.256 e. The smallest absolute Gasteiger partial charge is 0.256 e. The Morgan fingerprint density at radius 3 is 2.43 bits per heavy atom. The highest BCUT2D eigenvalue weighted by molar-refractivity contribution is 6.15. The summed E-state index contributed by atoms with van der Waals surface area (Å²) in [6.45, 7) is 2.05. The topological polar surface area (TPSA) is 54.9 Å². The Labute approximate surface area is 174 Å². The number of para-hydroxylation sites is 1. The molecular formula is C26H19N3O. The number of rotatable bonds is 3. The number of fused-ring (bicyclic) bond motifs is 2. The molecule has 0 aliphatic heterocycles. The fourth-order valence-electron chi connectivity index (χ4n) is 3.64. The van der Waals surface area contributed by atoms with Gasteiger partial charge in [-0.25, -0.2) is 4.98 Å². The normalized spacial score (nSPS) is 11.0. The largest absolute Gasteiger partial charge is 0.321 e. The number of hydrogen-bond donors (Lipinski definition) is 1. The number of aryl methyl sites for hydroxylation is 1. The maximum atomic E-state index is 13.4. The Hall–Kier alpha value is -4.05. The van der Waals surface area contributed by atoms with Gasteiger partial charge in [0.25, 0.3) is 5.91 Å². The van der Waals surface area contributed by atoms with Gasteiger partial charge in [-0.3, -0.25) is 9.78 Å². The van der Waals surface area contributed by atoms with Gasteiger partial charge >= 0.3 is 0 Å². The molecular weight excluding hydrogens is 370 g/mol. The van der Waals surface area contributed by atoms with Crippen molar-refractivity contribution in [1.29, 1.82) is 0 Å². The first kappa shape index (κ1) is 18.0. The molecule has 3 aromatic carbocycles. The van der Waals surface area contributed by atoms with Crippen LogP contribution in [-0.2, 0) is 0 Å². The molecule has 0 aliphatic carbocycles. The van der Waals surface area contributed by atoms with Crippen LogP contribution >= 0.6 is 0 Å². The monoisotopic (exact) mass is 389 g/mol. The van der Waals surface area contributed by atoms with Crippen molar-refractivity contribution < 1.29 is 4.79 Å². The SMILES string of the molecule is Cc1ccc(-c2cc(C(=O)Nc3cccc4ncccc34)c3ccccc3n2)cc1. The van der Waals surface area contributed by atoms with Gasteiger partial charge in [0.1, 0.15) is 0 Å². The van der Waals surface area contributed by atoms with Gasteiger partial charge in [-0.15, -0.1) is 0 Å². The van der Waals surface area contributed by atoms with Crippen LogP contribution in [0.5, 0.6) is 0 Å². The van der Waals surface area contributed by atoms with E-state index in [9.17, 15) is 4.79 Å². The first-order chi connectivity index (χ1) is 14.7. The first-order valence-electron chi connectivity index (χ1n) is 9.81. The van der Waals surface area contributed by atoms with E-state index in [1.165, 1.54) is 5.56 Å². The van der Waals surface area contributed by atoms with Gasteiger partial charge in [0.2, 0.25) is 0 Å². The second-order valence-electron chi connectivity index (χ2n) is 7.27. The third-order valence-electron chi connectivity index (χ3n) is 5.20. The van der Waals surface area contributed by atoms with Gasteiger partial charge in [-0.1, -0.05) is 54.1 Å². The third kappa shape index (κ3) is 3.29. The Balaban J connectivity index is 1.62. The molecule has 2 aromatic heterocycles. The lowest BCUT2D eigenvalue weighted by Gasteiger charge is -2.12. The number of nitrogens with zero attached hydrogens (tertiary/aromatic N) is 2. The Bertz CT molecular complexity index is 1390. The summed E-state index contributed by atoms with van der Waals surface area (Å²) < 4.78 is 0. The van der Waals surface area contributed by atoms with Gasteiger partial charge in [0.15, 0.2) is 0 Å². The van der Waals surface area contributed by atoms with E-state index in [-0.39, 0.29) is 5.91 Å². The van der Waals surface area contributed by atoms with Crippen molar-refractivity contribution in [3.63, 3.8) is 0 Å². The van der Waals surface area contributed by atoms with Crippen molar-refractivity contribution in [1.82, 2.24) is 9.97 Å². The zero-order valence-corrected chi connectivity index (χ0v) is 16.5. The van der Waals surface area contributed by atoms with E-state index in [1.807, 2.05) is 72.8 Å². The zero-order chi connectivity index (χ0) is 20.5. The number of anilines is 1. The van der Waals surface area contributed by atoms with Gasteiger partial charge in [0, 0.05) is 22.5 Å². The molecule has 4 heteroatoms. The molecule has 0 aliphatic rings. The third-order valence-corrected chi connectivity index (χ3v) is 5.20. The minimum atomic E-state index is -0.168. The van der Waals surface area contributed by atoms with Crippen molar-refractivity contribution in [2.45, 2.75) is 6.92 Å². The van der Waals surface area contributed by atoms with Crippen LogP contribution in [0.3, 0.4) is 0 Å². The van der Waals surface area contributed by atoms with E-state index in [2.05, 4.69) is 29.4 Å². The van der Waals surface area contributed by atoms with Crippen LogP contribution < -0.4 is 5.32 Å². The summed E-state index contributed by atoms with van der Waals surface area (Å²) in [5.74, 6) is -0.168. The number of hydrogen-bond acceptors (Lipinski definition) is 3. The van der Waals surface area contributed by atoms with E-state index >= 15 is 0 Å². The maximum absolute atomic E-state index is 13.4. The minimum absolute atomic E-state index is 0.168. The number of benzene rings is 3. The second-order valence-corrected chi connectivity index (χ2v) is 7.27. The van der Waals surface area contributed by atoms with Crippen LogP contribution in [0, 0.1) is 6.92 Å². The summed E-state index contributed by atoms with van der Waals surface area (Å²) in [6.07, 6.45) is 1.75. The Morgan fingerprint density at radius 2 is 1.57 bits per heavy atom. The summed E-state index contributed by atoms with van der Waals surface area (Å²) in [5, 5.41) is 4.81. The summed E-state index contributed by atoms with van der Waals surface area (Å²) in [5.41, 5.74) is 5.91. The van der Waals surface area contributed by atoms with Crippen LogP contribution in [0.2, 0.25) is 0 Å². The number of nitrogens with one attached hydrogen (secondary N) is 1. The van der Waals surface area contributed by atoms with Gasteiger partial charge in [0.05, 0.1) is 28.0 Å². The molecule has 2 heterocycles. The molecule has 5 rings (SSSR count). The Kier molecular flexibility index (Phi) is 4.45. The molecule has 1 N–H and O–H groups in total. The van der Waals surface area contributed by atoms with Crippen LogP contribution in [-0.4, -0.2) is 15.9 Å². The number of carbonyl (C=O) groups excluding carboxylic acids is 1. The van der Waals surface area contributed by atoms with Gasteiger partial charge in [-0.05, 0) is 43.3 Å². The highest BCUT2D eigenvalue weighted by Crippen LogP contribution is 2.27. The number of amides is 1. The first-order valence-corrected chi connectivity index (χ1v) is 9.81. The molecule has 0 saturated heterocycles. The van der Waals surface area contributed by atoms with Gasteiger partial charge < -0.3 is 5.32 Å². The number of pyridine rings is 2. The highest BCUT2D eigenvalue weighted by Gasteiger charge is 2.15. The quantitative estimate of drug-likeness (QED) is 0.411. The fourth-order valence-corrected chi connectivity index (χ4v) is 3.64. The number of aromatic nitrogens is 2. The summed E-state index contributed by atoms with van der Waals surface area (Å²) >= 11 is 0. The van der Waals surface area contributed by atoms with Gasteiger partial charge in [-0.2, -0.15) is 0 Å². The van der Waals surface area contributed by atoms with E-state index in [0.717, 1.165) is 38.8 Å².